The number of hydrogen-bond acceptors (Lipinski definition) is 3. The van der Waals surface area contributed by atoms with Crippen molar-refractivity contribution in [1.29, 1.82) is 0 Å². The molecule has 2 aromatic heterocycles. The van der Waals surface area contributed by atoms with Crippen molar-refractivity contribution >= 4 is 34.6 Å². The van der Waals surface area contributed by atoms with E-state index in [2.05, 4.69) is 65.1 Å². The van der Waals surface area contributed by atoms with E-state index < -0.39 is 0 Å². The fourth-order valence-electron chi connectivity index (χ4n) is 5.44. The van der Waals surface area contributed by atoms with Crippen LogP contribution in [0.25, 0.3) is 5.69 Å². The first kappa shape index (κ1) is 25.3. The van der Waals surface area contributed by atoms with Crippen molar-refractivity contribution in [3.05, 3.63) is 112 Å². The molecule has 0 unspecified atom stereocenters. The van der Waals surface area contributed by atoms with Gasteiger partial charge < -0.3 is 20.1 Å². The number of halogens is 1. The van der Waals surface area contributed by atoms with Gasteiger partial charge >= 0.3 is 0 Å². The van der Waals surface area contributed by atoms with E-state index in [9.17, 15) is 0 Å². The monoisotopic (exact) mass is 529 g/mol. The van der Waals surface area contributed by atoms with E-state index >= 15 is 0 Å². The van der Waals surface area contributed by atoms with Crippen molar-refractivity contribution in [3.8, 4) is 5.69 Å². The highest BCUT2D eigenvalue weighted by molar-refractivity contribution is 7.80. The molecular formula is C30H32ClN5S. The molecule has 0 spiro atoms. The summed E-state index contributed by atoms with van der Waals surface area (Å²) in [6.45, 7) is 8.29. The number of rotatable bonds is 8. The minimum atomic E-state index is -0.0391. The SMILES string of the molecule is Cc1c([C@H]2[C@H](c3ccccn3)NC(=S)N2CCCNc2ccccc2)c(C)n(-c2cccc(Cl)c2)c1C. The van der Waals surface area contributed by atoms with Crippen LogP contribution in [-0.4, -0.2) is 32.7 Å². The van der Waals surface area contributed by atoms with Crippen LogP contribution in [0.3, 0.4) is 0 Å². The number of aromatic nitrogens is 2. The highest BCUT2D eigenvalue weighted by Gasteiger charge is 2.42. The Morgan fingerprint density at radius 1 is 0.973 bits per heavy atom. The van der Waals surface area contributed by atoms with Gasteiger partial charge in [0.2, 0.25) is 0 Å². The summed E-state index contributed by atoms with van der Waals surface area (Å²) in [5.74, 6) is 0. The summed E-state index contributed by atoms with van der Waals surface area (Å²) in [7, 11) is 0. The van der Waals surface area contributed by atoms with Gasteiger partial charge in [-0.2, -0.15) is 0 Å². The summed E-state index contributed by atoms with van der Waals surface area (Å²) < 4.78 is 2.31. The van der Waals surface area contributed by atoms with E-state index in [1.54, 1.807) is 0 Å². The topological polar surface area (TPSA) is 45.1 Å². The molecule has 0 bridgehead atoms. The zero-order valence-corrected chi connectivity index (χ0v) is 23.0. The van der Waals surface area contributed by atoms with Crippen LogP contribution in [0.5, 0.6) is 0 Å². The van der Waals surface area contributed by atoms with Crippen LogP contribution in [0, 0.1) is 20.8 Å². The lowest BCUT2D eigenvalue weighted by molar-refractivity contribution is 0.314. The average molecular weight is 530 g/mol. The van der Waals surface area contributed by atoms with E-state index in [1.165, 1.54) is 22.5 Å². The number of anilines is 1. The van der Waals surface area contributed by atoms with Crippen molar-refractivity contribution in [2.75, 3.05) is 18.4 Å². The Bertz CT molecular complexity index is 1390. The first-order valence-electron chi connectivity index (χ1n) is 12.7. The molecule has 0 amide bonds. The Morgan fingerprint density at radius 3 is 2.49 bits per heavy atom. The smallest absolute Gasteiger partial charge is 0.170 e. The van der Waals surface area contributed by atoms with E-state index in [4.69, 9.17) is 28.8 Å². The van der Waals surface area contributed by atoms with Crippen molar-refractivity contribution < 1.29 is 0 Å². The summed E-state index contributed by atoms with van der Waals surface area (Å²) in [5.41, 5.74) is 8.15. The lowest BCUT2D eigenvalue weighted by Gasteiger charge is -2.29. The van der Waals surface area contributed by atoms with Gasteiger partial charge in [0, 0.05) is 52.6 Å². The Kier molecular flexibility index (Phi) is 7.49. The first-order valence-corrected chi connectivity index (χ1v) is 13.5. The summed E-state index contributed by atoms with van der Waals surface area (Å²) in [4.78, 5) is 7.06. The zero-order chi connectivity index (χ0) is 25.9. The van der Waals surface area contributed by atoms with Gasteiger partial charge in [0.1, 0.15) is 0 Å². The summed E-state index contributed by atoms with van der Waals surface area (Å²) in [5, 5.41) is 8.63. The number of pyridine rings is 1. The van der Waals surface area contributed by atoms with Crippen molar-refractivity contribution in [3.63, 3.8) is 0 Å². The molecule has 2 atom stereocenters. The number of benzene rings is 2. The molecule has 1 fully saturated rings. The van der Waals surface area contributed by atoms with Crippen LogP contribution in [0.15, 0.2) is 79.0 Å². The summed E-state index contributed by atoms with van der Waals surface area (Å²) in [6.07, 6.45) is 2.81. The van der Waals surface area contributed by atoms with Crippen LogP contribution in [0.1, 0.15) is 46.7 Å². The Labute approximate surface area is 229 Å². The molecule has 1 aliphatic heterocycles. The number of nitrogens with zero attached hydrogens (tertiary/aromatic N) is 3. The van der Waals surface area contributed by atoms with E-state index in [0.29, 0.717) is 0 Å². The molecule has 7 heteroatoms. The Morgan fingerprint density at radius 2 is 1.76 bits per heavy atom. The van der Waals surface area contributed by atoms with Crippen molar-refractivity contribution in [2.45, 2.75) is 39.3 Å². The predicted octanol–water partition coefficient (Wildman–Crippen LogP) is 6.93. The third-order valence-electron chi connectivity index (χ3n) is 7.25. The molecule has 1 saturated heterocycles. The van der Waals surface area contributed by atoms with Gasteiger partial charge in [0.15, 0.2) is 5.11 Å². The fraction of sp³-hybridized carbons (Fsp3) is 0.267. The first-order chi connectivity index (χ1) is 18.0. The molecule has 4 aromatic rings. The minimum Gasteiger partial charge on any atom is -0.385 e. The highest BCUT2D eigenvalue weighted by atomic mass is 35.5. The van der Waals surface area contributed by atoms with Crippen LogP contribution in [0.4, 0.5) is 5.69 Å². The maximum Gasteiger partial charge on any atom is 0.170 e. The van der Waals surface area contributed by atoms with Gasteiger partial charge in [0.05, 0.1) is 17.8 Å². The Balaban J connectivity index is 1.50. The second kappa shape index (κ2) is 11.0. The maximum atomic E-state index is 6.37. The molecular weight excluding hydrogens is 498 g/mol. The van der Waals surface area contributed by atoms with Crippen LogP contribution in [0.2, 0.25) is 5.02 Å². The Hall–Kier alpha value is -3.35. The number of hydrogen-bond donors (Lipinski definition) is 2. The summed E-state index contributed by atoms with van der Waals surface area (Å²) in [6, 6.07) is 24.4. The van der Waals surface area contributed by atoms with Gasteiger partial charge in [-0.3, -0.25) is 4.98 Å². The average Bonchev–Trinajstić information content (AvgIpc) is 3.34. The lowest BCUT2D eigenvalue weighted by Crippen LogP contribution is -2.32. The second-order valence-corrected chi connectivity index (χ2v) is 10.3. The van der Waals surface area contributed by atoms with E-state index in [0.717, 1.165) is 46.7 Å². The zero-order valence-electron chi connectivity index (χ0n) is 21.4. The van der Waals surface area contributed by atoms with Crippen LogP contribution < -0.4 is 10.6 Å². The molecule has 2 aromatic carbocycles. The third-order valence-corrected chi connectivity index (χ3v) is 7.83. The van der Waals surface area contributed by atoms with E-state index in [1.807, 2.05) is 54.7 Å². The molecule has 1 aliphatic rings. The molecule has 0 saturated carbocycles. The molecule has 190 valence electrons. The minimum absolute atomic E-state index is 0.0262. The molecule has 5 nitrogen and oxygen atoms in total. The summed E-state index contributed by atoms with van der Waals surface area (Å²) >= 11 is 12.3. The normalized spacial score (nSPS) is 17.2. The van der Waals surface area contributed by atoms with E-state index in [-0.39, 0.29) is 12.1 Å². The standard InChI is InChI=1S/C30H32ClN5S/c1-20-21(2)36(25-14-9-11-23(31)19-25)22(3)27(20)29-28(26-15-7-8-16-33-26)34-30(37)35(29)18-10-17-32-24-12-5-4-6-13-24/h4-9,11-16,19,28-29,32H,10,17-18H2,1-3H3,(H,34,37)/t28-,29-/m0/s1. The lowest BCUT2D eigenvalue weighted by atomic mass is 9.93. The van der Waals surface area contributed by atoms with Gasteiger partial charge in [-0.25, -0.2) is 0 Å². The van der Waals surface area contributed by atoms with Crippen molar-refractivity contribution in [2.24, 2.45) is 0 Å². The molecule has 0 radical (unpaired) electrons. The molecule has 37 heavy (non-hydrogen) atoms. The predicted molar refractivity (Wildman–Crippen MR) is 157 cm³/mol. The maximum absolute atomic E-state index is 6.37. The quantitative estimate of drug-likeness (QED) is 0.191. The van der Waals surface area contributed by atoms with Gasteiger partial charge in [0.25, 0.3) is 0 Å². The van der Waals surface area contributed by atoms with Crippen molar-refractivity contribution in [1.82, 2.24) is 19.8 Å². The van der Waals surface area contributed by atoms with Gasteiger partial charge in [-0.05, 0) is 87.4 Å². The number of thiocarbonyl (C=S) groups is 1. The highest BCUT2D eigenvalue weighted by Crippen LogP contribution is 2.43. The fourth-order valence-corrected chi connectivity index (χ4v) is 5.96. The van der Waals surface area contributed by atoms with Gasteiger partial charge in [-0.15, -0.1) is 0 Å². The largest absolute Gasteiger partial charge is 0.385 e. The van der Waals surface area contributed by atoms with Crippen LogP contribution in [-0.2, 0) is 0 Å². The molecule has 3 heterocycles. The molecule has 0 aliphatic carbocycles. The second-order valence-electron chi connectivity index (χ2n) is 9.49. The number of para-hydroxylation sites is 1. The third kappa shape index (κ3) is 5.09. The van der Waals surface area contributed by atoms with Crippen LogP contribution >= 0.6 is 23.8 Å². The van der Waals surface area contributed by atoms with Gasteiger partial charge in [-0.1, -0.05) is 41.9 Å². The number of nitrogens with one attached hydrogen (secondary N) is 2. The molecule has 2 N–H and O–H groups in total. The molecule has 5 rings (SSSR count).